The zero-order chi connectivity index (χ0) is 8.65. The highest BCUT2D eigenvalue weighted by Gasteiger charge is 2.12. The summed E-state index contributed by atoms with van der Waals surface area (Å²) in [5.74, 6) is 0. The Labute approximate surface area is 76.5 Å². The summed E-state index contributed by atoms with van der Waals surface area (Å²) in [5, 5.41) is 0. The zero-order valence-corrected chi connectivity index (χ0v) is 8.06. The molecule has 1 aliphatic rings. The van der Waals surface area contributed by atoms with Crippen molar-refractivity contribution in [2.45, 2.75) is 57.5 Å². The minimum Gasteiger partial charge on any atom is -0.378 e. The van der Waals surface area contributed by atoms with Gasteiger partial charge in [-0.1, -0.05) is 32.6 Å². The van der Waals surface area contributed by atoms with Gasteiger partial charge in [0.05, 0.1) is 6.10 Å². The molecule has 12 heavy (non-hydrogen) atoms. The first kappa shape index (κ1) is 10.0. The molecule has 0 spiro atoms. The highest BCUT2D eigenvalue weighted by atomic mass is 16.5. The van der Waals surface area contributed by atoms with E-state index in [0.717, 1.165) is 13.0 Å². The number of hydrogen-bond donors (Lipinski definition) is 0. The lowest BCUT2D eigenvalue weighted by Gasteiger charge is -2.22. The fraction of sp³-hybridized carbons (Fsp3) is 0.909. The van der Waals surface area contributed by atoms with Crippen LogP contribution in [0.2, 0.25) is 0 Å². The fourth-order valence-electron chi connectivity index (χ4n) is 1.76. The lowest BCUT2D eigenvalue weighted by molar-refractivity contribution is 0.00980. The van der Waals surface area contributed by atoms with Crippen molar-refractivity contribution in [1.82, 2.24) is 0 Å². The predicted molar refractivity (Wildman–Crippen MR) is 52.0 cm³/mol. The van der Waals surface area contributed by atoms with Crippen molar-refractivity contribution in [2.75, 3.05) is 6.61 Å². The van der Waals surface area contributed by atoms with E-state index < -0.39 is 0 Å². The molecule has 1 rings (SSSR count). The maximum atomic E-state index is 5.64. The van der Waals surface area contributed by atoms with E-state index in [1.165, 1.54) is 44.9 Å². The predicted octanol–water partition coefficient (Wildman–Crippen LogP) is 3.34. The quantitative estimate of drug-likeness (QED) is 0.573. The average molecular weight is 169 g/mol. The van der Waals surface area contributed by atoms with Crippen LogP contribution in [-0.4, -0.2) is 12.7 Å². The molecule has 1 heteroatoms. The summed E-state index contributed by atoms with van der Waals surface area (Å²) in [6, 6.07) is 0. The Hall–Kier alpha value is -0.0400. The second-order valence-electron chi connectivity index (χ2n) is 3.69. The van der Waals surface area contributed by atoms with Gasteiger partial charge in [0.15, 0.2) is 0 Å². The fourth-order valence-corrected chi connectivity index (χ4v) is 1.76. The average Bonchev–Trinajstić information content (AvgIpc) is 2.14. The van der Waals surface area contributed by atoms with Crippen LogP contribution < -0.4 is 0 Å². The van der Waals surface area contributed by atoms with Crippen LogP contribution in [0.3, 0.4) is 0 Å². The van der Waals surface area contributed by atoms with E-state index in [1.807, 2.05) is 0 Å². The highest BCUT2D eigenvalue weighted by molar-refractivity contribution is 4.63. The van der Waals surface area contributed by atoms with Crippen LogP contribution in [-0.2, 0) is 4.74 Å². The van der Waals surface area contributed by atoms with Gasteiger partial charge in [-0.3, -0.25) is 0 Å². The van der Waals surface area contributed by atoms with E-state index in [9.17, 15) is 0 Å². The zero-order valence-electron chi connectivity index (χ0n) is 8.06. The molecule has 1 heterocycles. The van der Waals surface area contributed by atoms with Crippen molar-refractivity contribution in [1.29, 1.82) is 0 Å². The topological polar surface area (TPSA) is 9.23 Å². The molecule has 1 atom stereocenters. The van der Waals surface area contributed by atoms with Crippen molar-refractivity contribution in [3.63, 3.8) is 0 Å². The molecule has 1 nitrogen and oxygen atoms in total. The minimum atomic E-state index is 0.587. The lowest BCUT2D eigenvalue weighted by Crippen LogP contribution is -2.18. The highest BCUT2D eigenvalue weighted by Crippen LogP contribution is 2.18. The van der Waals surface area contributed by atoms with Crippen LogP contribution in [0.25, 0.3) is 0 Å². The molecule has 0 bridgehead atoms. The van der Waals surface area contributed by atoms with Gasteiger partial charge in [-0.05, 0) is 25.7 Å². The van der Waals surface area contributed by atoms with Crippen molar-refractivity contribution in [2.24, 2.45) is 0 Å². The Morgan fingerprint density at radius 2 is 2.08 bits per heavy atom. The molecule has 1 radical (unpaired) electrons. The van der Waals surface area contributed by atoms with Crippen LogP contribution in [0.1, 0.15) is 51.4 Å². The number of rotatable bonds is 5. The molecule has 0 aromatic heterocycles. The second kappa shape index (κ2) is 6.47. The Morgan fingerprint density at radius 1 is 1.17 bits per heavy atom. The molecule has 1 fully saturated rings. The normalized spacial score (nSPS) is 24.2. The van der Waals surface area contributed by atoms with Gasteiger partial charge < -0.3 is 4.74 Å². The van der Waals surface area contributed by atoms with E-state index in [0.29, 0.717) is 6.10 Å². The molecule has 1 saturated heterocycles. The van der Waals surface area contributed by atoms with E-state index >= 15 is 0 Å². The lowest BCUT2D eigenvalue weighted by atomic mass is 10.0. The van der Waals surface area contributed by atoms with Crippen molar-refractivity contribution >= 4 is 0 Å². The SMILES string of the molecule is [CH2]CCCCCC1CCCCO1. The molecule has 0 aliphatic carbocycles. The second-order valence-corrected chi connectivity index (χ2v) is 3.69. The molecule has 0 N–H and O–H groups in total. The van der Waals surface area contributed by atoms with Crippen LogP contribution in [0.15, 0.2) is 0 Å². The molecular weight excluding hydrogens is 148 g/mol. The maximum absolute atomic E-state index is 5.64. The number of ether oxygens (including phenoxy) is 1. The van der Waals surface area contributed by atoms with Gasteiger partial charge in [-0.25, -0.2) is 0 Å². The first-order chi connectivity index (χ1) is 5.93. The van der Waals surface area contributed by atoms with E-state index in [-0.39, 0.29) is 0 Å². The van der Waals surface area contributed by atoms with Gasteiger partial charge in [0.2, 0.25) is 0 Å². The largest absolute Gasteiger partial charge is 0.378 e. The standard InChI is InChI=1S/C11H21O/c1-2-3-4-5-8-11-9-6-7-10-12-11/h11H,1-10H2. The Morgan fingerprint density at radius 3 is 2.75 bits per heavy atom. The van der Waals surface area contributed by atoms with Crippen LogP contribution in [0, 0.1) is 6.92 Å². The molecule has 0 amide bonds. The van der Waals surface area contributed by atoms with Gasteiger partial charge in [0, 0.05) is 6.61 Å². The van der Waals surface area contributed by atoms with Crippen LogP contribution in [0.5, 0.6) is 0 Å². The summed E-state index contributed by atoms with van der Waals surface area (Å²) in [5.41, 5.74) is 0. The third-order valence-electron chi connectivity index (χ3n) is 2.55. The summed E-state index contributed by atoms with van der Waals surface area (Å²) in [7, 11) is 0. The first-order valence-electron chi connectivity index (χ1n) is 5.34. The van der Waals surface area contributed by atoms with Gasteiger partial charge in [0.1, 0.15) is 0 Å². The Balaban J connectivity index is 1.91. The monoisotopic (exact) mass is 169 g/mol. The van der Waals surface area contributed by atoms with Gasteiger partial charge in [-0.2, -0.15) is 0 Å². The molecule has 0 aromatic carbocycles. The van der Waals surface area contributed by atoms with E-state index in [1.54, 1.807) is 0 Å². The Kier molecular flexibility index (Phi) is 5.42. The van der Waals surface area contributed by atoms with Crippen LogP contribution in [0.4, 0.5) is 0 Å². The molecular formula is C11H21O. The van der Waals surface area contributed by atoms with E-state index in [2.05, 4.69) is 6.92 Å². The molecule has 1 aliphatic heterocycles. The van der Waals surface area contributed by atoms with Crippen molar-refractivity contribution in [3.05, 3.63) is 6.92 Å². The molecule has 0 saturated carbocycles. The smallest absolute Gasteiger partial charge is 0.0575 e. The van der Waals surface area contributed by atoms with Crippen molar-refractivity contribution < 1.29 is 4.74 Å². The number of unbranched alkanes of at least 4 members (excludes halogenated alkanes) is 3. The number of hydrogen-bond acceptors (Lipinski definition) is 1. The van der Waals surface area contributed by atoms with Gasteiger partial charge >= 0.3 is 0 Å². The minimum absolute atomic E-state index is 0.587. The Bertz CT molecular complexity index is 95.2. The maximum Gasteiger partial charge on any atom is 0.0575 e. The third kappa shape index (κ3) is 4.10. The summed E-state index contributed by atoms with van der Waals surface area (Å²) < 4.78 is 5.64. The summed E-state index contributed by atoms with van der Waals surface area (Å²) in [6.07, 6.45) is 10.9. The van der Waals surface area contributed by atoms with Crippen LogP contribution >= 0.6 is 0 Å². The van der Waals surface area contributed by atoms with Gasteiger partial charge in [-0.15, -0.1) is 0 Å². The third-order valence-corrected chi connectivity index (χ3v) is 2.55. The summed E-state index contributed by atoms with van der Waals surface area (Å²) in [4.78, 5) is 0. The molecule has 1 unspecified atom stereocenters. The molecule has 0 aromatic rings. The van der Waals surface area contributed by atoms with E-state index in [4.69, 9.17) is 4.74 Å². The molecule has 71 valence electrons. The van der Waals surface area contributed by atoms with Crippen molar-refractivity contribution in [3.8, 4) is 0 Å². The summed E-state index contributed by atoms with van der Waals surface area (Å²) >= 11 is 0. The first-order valence-corrected chi connectivity index (χ1v) is 5.34. The van der Waals surface area contributed by atoms with Gasteiger partial charge in [0.25, 0.3) is 0 Å². The summed E-state index contributed by atoms with van der Waals surface area (Å²) in [6.45, 7) is 4.84.